The lowest BCUT2D eigenvalue weighted by atomic mass is 10.1. The molecule has 2 heterocycles. The van der Waals surface area contributed by atoms with Crippen molar-refractivity contribution in [3.63, 3.8) is 0 Å². The van der Waals surface area contributed by atoms with Crippen LogP contribution in [0.5, 0.6) is 0 Å². The summed E-state index contributed by atoms with van der Waals surface area (Å²) in [5.41, 5.74) is 0. The molecule has 7 nitrogen and oxygen atoms in total. The molecule has 8 heteroatoms. The Morgan fingerprint density at radius 3 is 2.74 bits per heavy atom. The van der Waals surface area contributed by atoms with Gasteiger partial charge in [-0.25, -0.2) is 4.98 Å². The summed E-state index contributed by atoms with van der Waals surface area (Å²) >= 11 is 5.87. The fourth-order valence-corrected chi connectivity index (χ4v) is 1.64. The SMILES string of the molecule is CC(C)[C@@H](CO)Nc1nc(Cl)nc(-n2ccnc2)n1. The molecule has 0 saturated carbocycles. The van der Waals surface area contributed by atoms with Gasteiger partial charge in [-0.15, -0.1) is 0 Å². The van der Waals surface area contributed by atoms with Crippen LogP contribution in [0, 0.1) is 5.92 Å². The number of rotatable bonds is 5. The van der Waals surface area contributed by atoms with E-state index in [1.165, 1.54) is 0 Å². The van der Waals surface area contributed by atoms with Crippen LogP contribution in [0.1, 0.15) is 13.8 Å². The molecule has 0 spiro atoms. The minimum atomic E-state index is -0.144. The minimum absolute atomic E-state index is 0.0125. The van der Waals surface area contributed by atoms with Crippen molar-refractivity contribution in [2.75, 3.05) is 11.9 Å². The first-order valence-electron chi connectivity index (χ1n) is 5.87. The summed E-state index contributed by atoms with van der Waals surface area (Å²) in [6.45, 7) is 3.97. The maximum atomic E-state index is 9.30. The van der Waals surface area contributed by atoms with Gasteiger partial charge in [0.05, 0.1) is 12.6 Å². The minimum Gasteiger partial charge on any atom is -0.394 e. The van der Waals surface area contributed by atoms with Crippen molar-refractivity contribution in [2.45, 2.75) is 19.9 Å². The Morgan fingerprint density at radius 1 is 1.37 bits per heavy atom. The summed E-state index contributed by atoms with van der Waals surface area (Å²) < 4.78 is 1.63. The summed E-state index contributed by atoms with van der Waals surface area (Å²) in [5.74, 6) is 0.939. The molecule has 2 aromatic heterocycles. The highest BCUT2D eigenvalue weighted by Crippen LogP contribution is 2.12. The standard InChI is InChI=1S/C11H15ClN6O/c1-7(2)8(5-19)14-10-15-9(12)16-11(17-10)18-4-3-13-6-18/h3-4,6-8,19H,5H2,1-2H3,(H,14,15,16,17)/t8-/m1/s1. The first-order valence-corrected chi connectivity index (χ1v) is 6.25. The number of hydrogen-bond acceptors (Lipinski definition) is 6. The lowest BCUT2D eigenvalue weighted by Crippen LogP contribution is -2.30. The zero-order chi connectivity index (χ0) is 13.8. The smallest absolute Gasteiger partial charge is 0.241 e. The summed E-state index contributed by atoms with van der Waals surface area (Å²) in [6.07, 6.45) is 4.90. The summed E-state index contributed by atoms with van der Waals surface area (Å²) in [4.78, 5) is 16.2. The van der Waals surface area contributed by atoms with Crippen molar-refractivity contribution in [3.05, 3.63) is 24.0 Å². The molecule has 0 radical (unpaired) electrons. The van der Waals surface area contributed by atoms with Gasteiger partial charge in [-0.3, -0.25) is 4.57 Å². The maximum Gasteiger partial charge on any atom is 0.241 e. The number of aromatic nitrogens is 5. The molecule has 0 aliphatic carbocycles. The average molecular weight is 283 g/mol. The van der Waals surface area contributed by atoms with E-state index < -0.39 is 0 Å². The van der Waals surface area contributed by atoms with E-state index in [2.05, 4.69) is 25.3 Å². The molecule has 2 aromatic rings. The van der Waals surface area contributed by atoms with E-state index in [1.54, 1.807) is 23.3 Å². The van der Waals surface area contributed by atoms with Crippen molar-refractivity contribution in [3.8, 4) is 5.95 Å². The quantitative estimate of drug-likeness (QED) is 0.855. The van der Waals surface area contributed by atoms with Gasteiger partial charge in [-0.2, -0.15) is 15.0 Å². The molecule has 102 valence electrons. The van der Waals surface area contributed by atoms with Gasteiger partial charge in [-0.1, -0.05) is 13.8 Å². The first kappa shape index (κ1) is 13.7. The van der Waals surface area contributed by atoms with Crippen LogP contribution in [0.2, 0.25) is 5.28 Å². The first-order chi connectivity index (χ1) is 9.10. The van der Waals surface area contributed by atoms with Gasteiger partial charge in [0.15, 0.2) is 0 Å². The zero-order valence-electron chi connectivity index (χ0n) is 10.7. The van der Waals surface area contributed by atoms with Gasteiger partial charge in [0.25, 0.3) is 0 Å². The predicted octanol–water partition coefficient (Wildman–Crippen LogP) is 1.14. The second-order valence-electron chi connectivity index (χ2n) is 4.38. The zero-order valence-corrected chi connectivity index (χ0v) is 11.4. The second kappa shape index (κ2) is 5.94. The Kier molecular flexibility index (Phi) is 4.28. The third-order valence-electron chi connectivity index (χ3n) is 2.65. The van der Waals surface area contributed by atoms with E-state index in [4.69, 9.17) is 11.6 Å². The lowest BCUT2D eigenvalue weighted by Gasteiger charge is -2.19. The summed E-state index contributed by atoms with van der Waals surface area (Å²) in [5, 5.41) is 12.4. The molecule has 0 aromatic carbocycles. The Balaban J connectivity index is 2.27. The predicted molar refractivity (Wildman–Crippen MR) is 71.3 cm³/mol. The molecular weight excluding hydrogens is 268 g/mol. The Morgan fingerprint density at radius 2 is 2.16 bits per heavy atom. The number of hydrogen-bond donors (Lipinski definition) is 2. The number of imidazole rings is 1. The largest absolute Gasteiger partial charge is 0.394 e. The van der Waals surface area contributed by atoms with E-state index >= 15 is 0 Å². The second-order valence-corrected chi connectivity index (χ2v) is 4.71. The van der Waals surface area contributed by atoms with Gasteiger partial charge < -0.3 is 10.4 Å². The monoisotopic (exact) mass is 282 g/mol. The van der Waals surface area contributed by atoms with E-state index in [-0.39, 0.29) is 23.9 Å². The van der Waals surface area contributed by atoms with Gasteiger partial charge in [0.2, 0.25) is 17.2 Å². The number of aliphatic hydroxyl groups excluding tert-OH is 1. The topological polar surface area (TPSA) is 88.8 Å². The Hall–Kier alpha value is -1.73. The highest BCUT2D eigenvalue weighted by Gasteiger charge is 2.15. The van der Waals surface area contributed by atoms with Crippen molar-refractivity contribution < 1.29 is 5.11 Å². The molecule has 2 N–H and O–H groups in total. The molecular formula is C11H15ClN6O. The molecule has 0 fully saturated rings. The fourth-order valence-electron chi connectivity index (χ4n) is 1.49. The van der Waals surface area contributed by atoms with Crippen LogP contribution in [-0.2, 0) is 0 Å². The third-order valence-corrected chi connectivity index (χ3v) is 2.82. The van der Waals surface area contributed by atoms with Crippen molar-refractivity contribution in [2.24, 2.45) is 5.92 Å². The number of anilines is 1. The molecule has 0 unspecified atom stereocenters. The Labute approximate surface area is 115 Å². The van der Waals surface area contributed by atoms with E-state index in [9.17, 15) is 5.11 Å². The van der Waals surface area contributed by atoms with Crippen LogP contribution in [0.15, 0.2) is 18.7 Å². The van der Waals surface area contributed by atoms with Crippen LogP contribution in [0.25, 0.3) is 5.95 Å². The molecule has 2 rings (SSSR count). The van der Waals surface area contributed by atoms with Crippen LogP contribution >= 0.6 is 11.6 Å². The lowest BCUT2D eigenvalue weighted by molar-refractivity contribution is 0.248. The van der Waals surface area contributed by atoms with Crippen molar-refractivity contribution >= 4 is 17.5 Å². The van der Waals surface area contributed by atoms with Crippen LogP contribution in [-0.4, -0.2) is 42.3 Å². The molecule has 0 amide bonds. The molecule has 0 bridgehead atoms. The molecule has 0 aliphatic heterocycles. The third kappa shape index (κ3) is 3.39. The number of aliphatic hydroxyl groups is 1. The maximum absolute atomic E-state index is 9.30. The van der Waals surface area contributed by atoms with E-state index in [0.29, 0.717) is 11.9 Å². The van der Waals surface area contributed by atoms with Gasteiger partial charge in [-0.05, 0) is 17.5 Å². The van der Waals surface area contributed by atoms with Crippen LogP contribution in [0.4, 0.5) is 5.95 Å². The summed E-state index contributed by atoms with van der Waals surface area (Å²) in [7, 11) is 0. The Bertz CT molecular complexity index is 530. The normalized spacial score (nSPS) is 12.7. The molecule has 19 heavy (non-hydrogen) atoms. The van der Waals surface area contributed by atoms with Crippen molar-refractivity contribution in [1.29, 1.82) is 0 Å². The van der Waals surface area contributed by atoms with Crippen LogP contribution in [0.3, 0.4) is 0 Å². The number of nitrogens with one attached hydrogen (secondary N) is 1. The van der Waals surface area contributed by atoms with E-state index in [1.807, 2.05) is 13.8 Å². The molecule has 0 aliphatic rings. The van der Waals surface area contributed by atoms with Gasteiger partial charge in [0.1, 0.15) is 6.33 Å². The fraction of sp³-hybridized carbons (Fsp3) is 0.455. The number of halogens is 1. The van der Waals surface area contributed by atoms with Crippen LogP contribution < -0.4 is 5.32 Å². The molecule has 0 saturated heterocycles. The highest BCUT2D eigenvalue weighted by atomic mass is 35.5. The van der Waals surface area contributed by atoms with Gasteiger partial charge in [0, 0.05) is 12.4 Å². The summed E-state index contributed by atoms with van der Waals surface area (Å²) in [6, 6.07) is -0.144. The van der Waals surface area contributed by atoms with E-state index in [0.717, 1.165) is 0 Å². The van der Waals surface area contributed by atoms with Crippen molar-refractivity contribution in [1.82, 2.24) is 24.5 Å². The average Bonchev–Trinajstić information content (AvgIpc) is 2.88. The molecule has 1 atom stereocenters. The highest BCUT2D eigenvalue weighted by molar-refractivity contribution is 6.28. The van der Waals surface area contributed by atoms with Gasteiger partial charge >= 0.3 is 0 Å². The number of nitrogens with zero attached hydrogens (tertiary/aromatic N) is 5.